The minimum Gasteiger partial charge on any atom is -0.273 e. The van der Waals surface area contributed by atoms with Crippen molar-refractivity contribution in [2.75, 3.05) is 0 Å². The van der Waals surface area contributed by atoms with Gasteiger partial charge in [0.05, 0.1) is 41.2 Å². The standard InChI is InChI=1S/C33H28N6O3/c40-30-6-3-7-31(41)39(30)38-18-23-11-10-20(16-25(23)33(38)42)8-9-21-14-24(15-21)37-19-26(32(36-37)22-12-13-22)29-17-34-27-4-1-2-5-28(27)35-29/h1-2,4-5,10-11,16-17,19,21-22,24H,3,6-7,12-15,18H2/t21-,24-. The van der Waals surface area contributed by atoms with Gasteiger partial charge in [-0.25, -0.2) is 9.99 Å². The van der Waals surface area contributed by atoms with Gasteiger partial charge in [-0.3, -0.25) is 24.0 Å². The Bertz CT molecular complexity index is 1840. The number of imide groups is 1. The fourth-order valence-corrected chi connectivity index (χ4v) is 6.18. The molecule has 0 radical (unpaired) electrons. The van der Waals surface area contributed by atoms with Crippen molar-refractivity contribution in [3.8, 4) is 23.1 Å². The zero-order valence-corrected chi connectivity index (χ0v) is 23.0. The van der Waals surface area contributed by atoms with Gasteiger partial charge in [0.2, 0.25) is 11.8 Å². The van der Waals surface area contributed by atoms with Gasteiger partial charge in [0.25, 0.3) is 5.91 Å². The first-order valence-corrected chi connectivity index (χ1v) is 14.6. The summed E-state index contributed by atoms with van der Waals surface area (Å²) in [6, 6.07) is 13.8. The molecule has 208 valence electrons. The van der Waals surface area contributed by atoms with Crippen LogP contribution in [0.2, 0.25) is 0 Å². The molecule has 2 saturated carbocycles. The summed E-state index contributed by atoms with van der Waals surface area (Å²) in [5, 5.41) is 7.33. The third-order valence-electron chi connectivity index (χ3n) is 8.75. The number of fused-ring (bicyclic) bond motifs is 2. The quantitative estimate of drug-likeness (QED) is 0.265. The van der Waals surface area contributed by atoms with Crippen LogP contribution in [0.3, 0.4) is 0 Å². The lowest BCUT2D eigenvalue weighted by Gasteiger charge is -2.32. The summed E-state index contributed by atoms with van der Waals surface area (Å²) >= 11 is 0. The summed E-state index contributed by atoms with van der Waals surface area (Å²) in [4.78, 5) is 47.3. The van der Waals surface area contributed by atoms with E-state index in [1.165, 1.54) is 5.01 Å². The molecule has 0 spiro atoms. The van der Waals surface area contributed by atoms with E-state index in [1.54, 1.807) is 6.07 Å². The lowest BCUT2D eigenvalue weighted by molar-refractivity contribution is -0.163. The molecule has 42 heavy (non-hydrogen) atoms. The van der Waals surface area contributed by atoms with Crippen LogP contribution in [0.15, 0.2) is 54.9 Å². The summed E-state index contributed by atoms with van der Waals surface area (Å²) in [7, 11) is 0. The number of rotatable bonds is 4. The molecular formula is C33H28N6O3. The molecule has 0 bridgehead atoms. The Balaban J connectivity index is 0.965. The monoisotopic (exact) mass is 556 g/mol. The molecular weight excluding hydrogens is 528 g/mol. The molecule has 4 heterocycles. The summed E-state index contributed by atoms with van der Waals surface area (Å²) < 4.78 is 2.10. The van der Waals surface area contributed by atoms with Gasteiger partial charge in [-0.15, -0.1) is 0 Å². The van der Waals surface area contributed by atoms with Gasteiger partial charge in [0, 0.05) is 47.6 Å². The number of amides is 3. The second-order valence-electron chi connectivity index (χ2n) is 11.7. The van der Waals surface area contributed by atoms with E-state index in [2.05, 4.69) is 27.7 Å². The Labute approximate surface area is 242 Å². The van der Waals surface area contributed by atoms with E-state index in [0.29, 0.717) is 23.9 Å². The van der Waals surface area contributed by atoms with Crippen molar-refractivity contribution in [3.63, 3.8) is 0 Å². The third-order valence-corrected chi connectivity index (χ3v) is 8.75. The Hall–Kier alpha value is -4.84. The molecule has 2 aliphatic carbocycles. The first-order chi connectivity index (χ1) is 20.5. The Morgan fingerprint density at radius 2 is 1.69 bits per heavy atom. The fraction of sp³-hybridized carbons (Fsp3) is 0.333. The first-order valence-electron chi connectivity index (χ1n) is 14.6. The van der Waals surface area contributed by atoms with Crippen LogP contribution in [-0.2, 0) is 16.1 Å². The molecule has 1 saturated heterocycles. The molecule has 0 N–H and O–H groups in total. The number of carbonyl (C=O) groups excluding carboxylic acids is 3. The maximum atomic E-state index is 13.1. The number of benzene rings is 2. The van der Waals surface area contributed by atoms with Crippen LogP contribution in [0, 0.1) is 17.8 Å². The zero-order chi connectivity index (χ0) is 28.4. The van der Waals surface area contributed by atoms with Crippen LogP contribution in [-0.4, -0.2) is 47.5 Å². The lowest BCUT2D eigenvalue weighted by Crippen LogP contribution is -2.51. The van der Waals surface area contributed by atoms with Gasteiger partial charge in [-0.1, -0.05) is 30.0 Å². The van der Waals surface area contributed by atoms with Crippen molar-refractivity contribution in [1.29, 1.82) is 0 Å². The van der Waals surface area contributed by atoms with Crippen LogP contribution in [0.25, 0.3) is 22.3 Å². The highest BCUT2D eigenvalue weighted by Gasteiger charge is 2.39. The summed E-state index contributed by atoms with van der Waals surface area (Å²) in [5.41, 5.74) is 6.92. The molecule has 4 aromatic rings. The van der Waals surface area contributed by atoms with Crippen molar-refractivity contribution >= 4 is 28.8 Å². The van der Waals surface area contributed by atoms with E-state index in [9.17, 15) is 14.4 Å². The first kappa shape index (κ1) is 24.9. The van der Waals surface area contributed by atoms with Crippen molar-refractivity contribution in [1.82, 2.24) is 29.8 Å². The number of aromatic nitrogens is 4. The molecule has 2 aromatic heterocycles. The third kappa shape index (κ3) is 4.26. The maximum Gasteiger partial charge on any atom is 0.273 e. The van der Waals surface area contributed by atoms with Gasteiger partial charge in [0.1, 0.15) is 0 Å². The van der Waals surface area contributed by atoms with Crippen molar-refractivity contribution < 1.29 is 14.4 Å². The second-order valence-corrected chi connectivity index (χ2v) is 11.7. The Kier molecular flexibility index (Phi) is 5.71. The molecule has 2 aromatic carbocycles. The van der Waals surface area contributed by atoms with Gasteiger partial charge in [-0.05, 0) is 61.9 Å². The van der Waals surface area contributed by atoms with Gasteiger partial charge >= 0.3 is 0 Å². The predicted molar refractivity (Wildman–Crippen MR) is 153 cm³/mol. The molecule has 3 fully saturated rings. The van der Waals surface area contributed by atoms with Crippen molar-refractivity contribution in [2.45, 2.75) is 63.5 Å². The Morgan fingerprint density at radius 3 is 2.48 bits per heavy atom. The number of nitrogens with zero attached hydrogens (tertiary/aromatic N) is 6. The van der Waals surface area contributed by atoms with E-state index in [4.69, 9.17) is 10.1 Å². The summed E-state index contributed by atoms with van der Waals surface area (Å²) in [6.45, 7) is 0.225. The van der Waals surface area contributed by atoms with Gasteiger partial charge in [0.15, 0.2) is 0 Å². The number of hydrogen-bond acceptors (Lipinski definition) is 6. The number of carbonyl (C=O) groups is 3. The lowest BCUT2D eigenvalue weighted by atomic mass is 9.80. The highest BCUT2D eigenvalue weighted by atomic mass is 16.2. The topological polar surface area (TPSA) is 101 Å². The van der Waals surface area contributed by atoms with Gasteiger partial charge in [-0.2, -0.15) is 10.1 Å². The SMILES string of the molecule is O=C1c2cc(C#C[C@H]3C[C@H](n4cc(-c5cnc6ccccc6n5)c(C5CC5)n4)C3)ccc2CN1N1C(=O)CCCC1=O. The van der Waals surface area contributed by atoms with E-state index in [0.717, 1.165) is 69.8 Å². The molecule has 9 nitrogen and oxygen atoms in total. The van der Waals surface area contributed by atoms with Crippen molar-refractivity contribution in [3.05, 3.63) is 77.2 Å². The van der Waals surface area contributed by atoms with Crippen molar-refractivity contribution in [2.24, 2.45) is 5.92 Å². The summed E-state index contributed by atoms with van der Waals surface area (Å²) in [5.74, 6) is 6.43. The van der Waals surface area contributed by atoms with E-state index in [-0.39, 0.29) is 43.0 Å². The van der Waals surface area contributed by atoms with Crippen LogP contribution < -0.4 is 0 Å². The van der Waals surface area contributed by atoms with Crippen LogP contribution in [0.4, 0.5) is 0 Å². The van der Waals surface area contributed by atoms with Crippen LogP contribution in [0.1, 0.15) is 84.1 Å². The predicted octanol–water partition coefficient (Wildman–Crippen LogP) is 4.78. The average Bonchev–Trinajstić information content (AvgIpc) is 3.66. The average molecular weight is 557 g/mol. The largest absolute Gasteiger partial charge is 0.273 e. The molecule has 3 amide bonds. The molecule has 0 unspecified atom stereocenters. The number of hydrogen-bond donors (Lipinski definition) is 0. The molecule has 9 heteroatoms. The minimum absolute atomic E-state index is 0.225. The summed E-state index contributed by atoms with van der Waals surface area (Å²) in [6.07, 6.45) is 9.24. The van der Waals surface area contributed by atoms with Gasteiger partial charge < -0.3 is 0 Å². The minimum atomic E-state index is -0.321. The second kappa shape index (κ2) is 9.62. The highest BCUT2D eigenvalue weighted by Crippen LogP contribution is 2.45. The number of para-hydroxylation sites is 2. The van der Waals surface area contributed by atoms with E-state index >= 15 is 0 Å². The van der Waals surface area contributed by atoms with Crippen LogP contribution in [0.5, 0.6) is 0 Å². The highest BCUT2D eigenvalue weighted by molar-refractivity contribution is 6.04. The normalized spacial score (nSPS) is 21.8. The Morgan fingerprint density at radius 1 is 0.905 bits per heavy atom. The van der Waals surface area contributed by atoms with Crippen LogP contribution >= 0.6 is 0 Å². The van der Waals surface area contributed by atoms with E-state index in [1.807, 2.05) is 42.6 Å². The number of hydrazine groups is 1. The fourth-order valence-electron chi connectivity index (χ4n) is 6.18. The maximum absolute atomic E-state index is 13.1. The zero-order valence-electron chi connectivity index (χ0n) is 23.0. The smallest absolute Gasteiger partial charge is 0.273 e. The molecule has 2 aliphatic heterocycles. The van der Waals surface area contributed by atoms with E-state index < -0.39 is 0 Å². The molecule has 4 aliphatic rings. The molecule has 0 atom stereocenters. The molecule has 8 rings (SSSR count). The number of piperidine rings is 1.